The van der Waals surface area contributed by atoms with Gasteiger partial charge in [-0.25, -0.2) is 4.39 Å². The van der Waals surface area contributed by atoms with Gasteiger partial charge in [0, 0.05) is 12.3 Å². The van der Waals surface area contributed by atoms with Crippen LogP contribution < -0.4 is 10.5 Å². The number of halogens is 1. The number of rotatable bonds is 4. The number of thioether (sulfide) groups is 1. The van der Waals surface area contributed by atoms with Crippen LogP contribution >= 0.6 is 11.8 Å². The number of methoxy groups -OCH3 is 1. The molecule has 0 fully saturated rings. The minimum absolute atomic E-state index is 0.254. The van der Waals surface area contributed by atoms with E-state index in [4.69, 9.17) is 10.5 Å². The zero-order valence-electron chi connectivity index (χ0n) is 9.37. The summed E-state index contributed by atoms with van der Waals surface area (Å²) in [5.41, 5.74) is 6.48. The molecular weight excluding hydrogens is 227 g/mol. The summed E-state index contributed by atoms with van der Waals surface area (Å²) in [4.78, 5) is 4.03. The van der Waals surface area contributed by atoms with Crippen LogP contribution in [-0.2, 0) is 5.75 Å². The number of hydrogen-bond acceptors (Lipinski definition) is 3. The van der Waals surface area contributed by atoms with Gasteiger partial charge in [0.05, 0.1) is 7.11 Å². The largest absolute Gasteiger partial charge is 0.494 e. The molecule has 0 aliphatic rings. The van der Waals surface area contributed by atoms with Crippen molar-refractivity contribution in [3.05, 3.63) is 29.6 Å². The second-order valence-electron chi connectivity index (χ2n) is 3.07. The first-order chi connectivity index (χ1) is 7.67. The molecule has 0 aromatic heterocycles. The van der Waals surface area contributed by atoms with Gasteiger partial charge in [0.1, 0.15) is 0 Å². The van der Waals surface area contributed by atoms with E-state index in [9.17, 15) is 4.39 Å². The average molecular weight is 242 g/mol. The third-order valence-corrected chi connectivity index (χ3v) is 2.82. The van der Waals surface area contributed by atoms with E-state index in [0.29, 0.717) is 17.5 Å². The summed E-state index contributed by atoms with van der Waals surface area (Å²) in [6.45, 7) is 2.58. The van der Waals surface area contributed by atoms with E-state index in [0.717, 1.165) is 5.56 Å². The molecule has 0 amide bonds. The highest BCUT2D eigenvalue weighted by atomic mass is 32.2. The van der Waals surface area contributed by atoms with Crippen LogP contribution in [-0.4, -0.2) is 18.8 Å². The minimum Gasteiger partial charge on any atom is -0.494 e. The zero-order valence-corrected chi connectivity index (χ0v) is 10.2. The third kappa shape index (κ3) is 3.73. The number of nitrogens with two attached hydrogens (primary N) is 1. The Hall–Kier alpha value is -1.23. The molecule has 0 spiro atoms. The molecule has 3 nitrogen and oxygen atoms in total. The lowest BCUT2D eigenvalue weighted by atomic mass is 10.2. The summed E-state index contributed by atoms with van der Waals surface area (Å²) >= 11 is 1.40. The lowest BCUT2D eigenvalue weighted by molar-refractivity contribution is 0.386. The van der Waals surface area contributed by atoms with Gasteiger partial charge in [0.25, 0.3) is 0 Å². The van der Waals surface area contributed by atoms with Crippen LogP contribution in [0.5, 0.6) is 5.75 Å². The monoisotopic (exact) mass is 242 g/mol. The van der Waals surface area contributed by atoms with Crippen molar-refractivity contribution in [2.45, 2.75) is 12.7 Å². The van der Waals surface area contributed by atoms with E-state index in [1.165, 1.54) is 24.9 Å². The first-order valence-corrected chi connectivity index (χ1v) is 5.91. The SMILES string of the molecule is CCN=C(N)SCc1ccc(OC)c(F)c1. The molecule has 1 aromatic carbocycles. The van der Waals surface area contributed by atoms with E-state index in [2.05, 4.69) is 4.99 Å². The molecule has 0 aliphatic carbocycles. The molecule has 0 atom stereocenters. The summed E-state index contributed by atoms with van der Waals surface area (Å²) in [7, 11) is 1.44. The van der Waals surface area contributed by atoms with Crippen molar-refractivity contribution in [3.8, 4) is 5.75 Å². The third-order valence-electron chi connectivity index (χ3n) is 1.92. The fourth-order valence-electron chi connectivity index (χ4n) is 1.16. The van der Waals surface area contributed by atoms with Crippen molar-refractivity contribution in [1.82, 2.24) is 0 Å². The highest BCUT2D eigenvalue weighted by Crippen LogP contribution is 2.20. The van der Waals surface area contributed by atoms with Crippen LogP contribution in [0.2, 0.25) is 0 Å². The fraction of sp³-hybridized carbons (Fsp3) is 0.364. The minimum atomic E-state index is -0.355. The standard InChI is InChI=1S/C11H15FN2OS/c1-3-14-11(13)16-7-8-4-5-10(15-2)9(12)6-8/h4-6H,3,7H2,1-2H3,(H2,13,14). The Labute approximate surface area is 98.9 Å². The lowest BCUT2D eigenvalue weighted by Crippen LogP contribution is -2.07. The molecule has 1 aromatic rings. The summed E-state index contributed by atoms with van der Waals surface area (Å²) in [5.74, 6) is 0.506. The maximum absolute atomic E-state index is 13.3. The maximum Gasteiger partial charge on any atom is 0.165 e. The van der Waals surface area contributed by atoms with Crippen LogP contribution in [0.25, 0.3) is 0 Å². The molecule has 0 radical (unpaired) electrons. The molecule has 0 bridgehead atoms. The Morgan fingerprint density at radius 2 is 2.31 bits per heavy atom. The van der Waals surface area contributed by atoms with E-state index < -0.39 is 0 Å². The highest BCUT2D eigenvalue weighted by Gasteiger charge is 2.04. The first kappa shape index (κ1) is 12.8. The normalized spacial score (nSPS) is 11.6. The van der Waals surface area contributed by atoms with Gasteiger partial charge in [0.2, 0.25) is 0 Å². The van der Waals surface area contributed by atoms with Crippen LogP contribution in [0.3, 0.4) is 0 Å². The van der Waals surface area contributed by atoms with Crippen LogP contribution in [0, 0.1) is 5.82 Å². The van der Waals surface area contributed by atoms with Gasteiger partial charge in [-0.2, -0.15) is 0 Å². The molecule has 0 unspecified atom stereocenters. The van der Waals surface area contributed by atoms with Crippen LogP contribution in [0.15, 0.2) is 23.2 Å². The Kier molecular flexibility index (Phi) is 5.11. The Morgan fingerprint density at radius 1 is 1.56 bits per heavy atom. The van der Waals surface area contributed by atoms with Gasteiger partial charge in [-0.3, -0.25) is 4.99 Å². The Bertz CT molecular complexity index is 382. The second kappa shape index (κ2) is 6.37. The van der Waals surface area contributed by atoms with Crippen molar-refractivity contribution in [2.75, 3.05) is 13.7 Å². The molecule has 0 saturated carbocycles. The Morgan fingerprint density at radius 3 is 2.88 bits per heavy atom. The lowest BCUT2D eigenvalue weighted by Gasteiger charge is -2.04. The van der Waals surface area contributed by atoms with Gasteiger partial charge in [-0.1, -0.05) is 17.8 Å². The van der Waals surface area contributed by atoms with Crippen molar-refractivity contribution < 1.29 is 9.13 Å². The van der Waals surface area contributed by atoms with Gasteiger partial charge in [-0.05, 0) is 24.6 Å². The topological polar surface area (TPSA) is 47.6 Å². The average Bonchev–Trinajstić information content (AvgIpc) is 2.27. The molecular formula is C11H15FN2OS. The van der Waals surface area contributed by atoms with E-state index in [-0.39, 0.29) is 11.6 Å². The summed E-state index contributed by atoms with van der Waals surface area (Å²) in [6.07, 6.45) is 0. The maximum atomic E-state index is 13.3. The number of nitrogens with zero attached hydrogens (tertiary/aromatic N) is 1. The van der Waals surface area contributed by atoms with Crippen LogP contribution in [0.1, 0.15) is 12.5 Å². The number of aliphatic imine (C=N–C) groups is 1. The molecule has 2 N–H and O–H groups in total. The van der Waals surface area contributed by atoms with Crippen molar-refractivity contribution in [1.29, 1.82) is 0 Å². The van der Waals surface area contributed by atoms with Crippen molar-refractivity contribution >= 4 is 16.9 Å². The molecule has 0 aliphatic heterocycles. The molecule has 16 heavy (non-hydrogen) atoms. The zero-order chi connectivity index (χ0) is 12.0. The molecule has 5 heteroatoms. The smallest absolute Gasteiger partial charge is 0.165 e. The van der Waals surface area contributed by atoms with Gasteiger partial charge in [-0.15, -0.1) is 0 Å². The Balaban J connectivity index is 2.62. The number of ether oxygens (including phenoxy) is 1. The first-order valence-electron chi connectivity index (χ1n) is 4.92. The quantitative estimate of drug-likeness (QED) is 0.651. The number of amidine groups is 1. The predicted molar refractivity (Wildman–Crippen MR) is 66.4 cm³/mol. The van der Waals surface area contributed by atoms with Crippen molar-refractivity contribution in [3.63, 3.8) is 0 Å². The summed E-state index contributed by atoms with van der Waals surface area (Å²) in [6, 6.07) is 4.87. The van der Waals surface area contributed by atoms with Crippen LogP contribution in [0.4, 0.5) is 4.39 Å². The number of benzene rings is 1. The van der Waals surface area contributed by atoms with Gasteiger partial charge >= 0.3 is 0 Å². The van der Waals surface area contributed by atoms with Gasteiger partial charge < -0.3 is 10.5 Å². The van der Waals surface area contributed by atoms with Gasteiger partial charge in [0.15, 0.2) is 16.7 Å². The second-order valence-corrected chi connectivity index (χ2v) is 4.07. The van der Waals surface area contributed by atoms with E-state index in [1.807, 2.05) is 13.0 Å². The summed E-state index contributed by atoms with van der Waals surface area (Å²) in [5, 5.41) is 0.527. The van der Waals surface area contributed by atoms with E-state index in [1.54, 1.807) is 6.07 Å². The fourth-order valence-corrected chi connectivity index (χ4v) is 1.87. The highest BCUT2D eigenvalue weighted by molar-refractivity contribution is 8.13. The van der Waals surface area contributed by atoms with Crippen molar-refractivity contribution in [2.24, 2.45) is 10.7 Å². The molecule has 1 rings (SSSR count). The molecule has 88 valence electrons. The number of hydrogen-bond donors (Lipinski definition) is 1. The summed E-state index contributed by atoms with van der Waals surface area (Å²) < 4.78 is 18.2. The van der Waals surface area contributed by atoms with E-state index >= 15 is 0 Å². The molecule has 0 heterocycles. The molecule has 0 saturated heterocycles. The predicted octanol–water partition coefficient (Wildman–Crippen LogP) is 2.40.